The minimum atomic E-state index is -0.252. The summed E-state index contributed by atoms with van der Waals surface area (Å²) in [5, 5.41) is 0. The number of carbonyl (C=O) groups is 1. The Morgan fingerprint density at radius 1 is 1.24 bits per heavy atom. The van der Waals surface area contributed by atoms with Crippen LogP contribution in [0.2, 0.25) is 0 Å². The van der Waals surface area contributed by atoms with Gasteiger partial charge in [-0.05, 0) is 56.6 Å². The maximum Gasteiger partial charge on any atom is 0.257 e. The van der Waals surface area contributed by atoms with Gasteiger partial charge in [0, 0.05) is 13.1 Å². The van der Waals surface area contributed by atoms with Crippen molar-refractivity contribution < 1.29 is 4.79 Å². The lowest BCUT2D eigenvalue weighted by molar-refractivity contribution is 0.0972. The van der Waals surface area contributed by atoms with E-state index in [-0.39, 0.29) is 17.3 Å². The topological polar surface area (TPSA) is 78.7 Å². The molecule has 0 spiro atoms. The number of imidazole rings is 1. The van der Waals surface area contributed by atoms with Crippen molar-refractivity contribution in [3.8, 4) is 0 Å². The van der Waals surface area contributed by atoms with Crippen molar-refractivity contribution >= 4 is 35.2 Å². The summed E-state index contributed by atoms with van der Waals surface area (Å²) in [6.45, 7) is 10.8. The van der Waals surface area contributed by atoms with Crippen molar-refractivity contribution in [2.75, 3.05) is 5.73 Å². The first kappa shape index (κ1) is 24.6. The van der Waals surface area contributed by atoms with Crippen LogP contribution in [0, 0.1) is 10.1 Å². The fourth-order valence-electron chi connectivity index (χ4n) is 4.15. The average molecular weight is 464 g/mol. The number of nitrogen functional groups attached to an aromatic ring is 1. The molecule has 1 aliphatic carbocycles. The van der Waals surface area contributed by atoms with Crippen LogP contribution >= 0.6 is 12.2 Å². The van der Waals surface area contributed by atoms with Gasteiger partial charge in [0.1, 0.15) is 16.5 Å². The van der Waals surface area contributed by atoms with Crippen LogP contribution in [0.3, 0.4) is 0 Å². The number of nitrogens with zero attached hydrogens (tertiary/aromatic N) is 4. The van der Waals surface area contributed by atoms with E-state index in [2.05, 4.69) is 49.8 Å². The van der Waals surface area contributed by atoms with Gasteiger partial charge in [0.2, 0.25) is 5.95 Å². The van der Waals surface area contributed by atoms with E-state index in [0.717, 1.165) is 11.1 Å². The third kappa shape index (κ3) is 5.47. The molecule has 1 aliphatic rings. The molecule has 0 fully saturated rings. The van der Waals surface area contributed by atoms with Crippen LogP contribution in [0.15, 0.2) is 65.1 Å². The van der Waals surface area contributed by atoms with E-state index >= 15 is 0 Å². The molecule has 2 N–H and O–H groups in total. The number of hydrogen-bond acceptors (Lipinski definition) is 5. The lowest BCUT2D eigenvalue weighted by Gasteiger charge is -2.32. The van der Waals surface area contributed by atoms with E-state index in [1.807, 2.05) is 25.2 Å². The molecule has 0 saturated heterocycles. The molecular weight excluding hydrogens is 430 g/mol. The average Bonchev–Trinajstić information content (AvgIpc) is 3.15. The van der Waals surface area contributed by atoms with Crippen LogP contribution in [0.1, 0.15) is 58.7 Å². The molecule has 174 valence electrons. The standard InChI is InChI=1S/C26H33N5OS/c1-17(12-13-20-19(3)11-8-14-26(20,4)5)9-7-10-18(2)15-21(32)31-16-28-22-23(31)29-25(27)30(6)24(22)33/h7,9-10,12-13,15-16H,8,11,14H2,1-6H3,(H2,27,29)/b10-7+,13-12+,17-9+,18-15+. The van der Waals surface area contributed by atoms with Gasteiger partial charge < -0.3 is 10.3 Å². The van der Waals surface area contributed by atoms with Gasteiger partial charge in [-0.3, -0.25) is 4.79 Å². The molecule has 0 amide bonds. The molecule has 0 bridgehead atoms. The van der Waals surface area contributed by atoms with Crippen molar-refractivity contribution in [1.29, 1.82) is 0 Å². The first-order valence-corrected chi connectivity index (χ1v) is 11.6. The van der Waals surface area contributed by atoms with Gasteiger partial charge in [-0.1, -0.05) is 67.6 Å². The zero-order valence-corrected chi connectivity index (χ0v) is 21.2. The van der Waals surface area contributed by atoms with Crippen molar-refractivity contribution in [3.63, 3.8) is 0 Å². The Balaban J connectivity index is 1.74. The highest BCUT2D eigenvalue weighted by Gasteiger charge is 2.26. The van der Waals surface area contributed by atoms with Crippen molar-refractivity contribution in [3.05, 3.63) is 69.7 Å². The van der Waals surface area contributed by atoms with Gasteiger partial charge in [-0.2, -0.15) is 4.98 Å². The lowest BCUT2D eigenvalue weighted by Crippen LogP contribution is -2.19. The summed E-state index contributed by atoms with van der Waals surface area (Å²) in [5.74, 6) is -0.0174. The Morgan fingerprint density at radius 3 is 2.67 bits per heavy atom. The van der Waals surface area contributed by atoms with Gasteiger partial charge in [-0.25, -0.2) is 9.55 Å². The summed E-state index contributed by atoms with van der Waals surface area (Å²) in [7, 11) is 1.72. The molecule has 6 nitrogen and oxygen atoms in total. The molecule has 0 aliphatic heterocycles. The molecule has 3 rings (SSSR count). The van der Waals surface area contributed by atoms with E-state index in [1.165, 1.54) is 41.3 Å². The minimum absolute atomic E-state index is 0.231. The largest absolute Gasteiger partial charge is 0.369 e. The Kier molecular flexibility index (Phi) is 7.32. The second kappa shape index (κ2) is 9.83. The lowest BCUT2D eigenvalue weighted by atomic mass is 9.72. The van der Waals surface area contributed by atoms with Crippen LogP contribution in [0.4, 0.5) is 5.95 Å². The Morgan fingerprint density at radius 2 is 1.97 bits per heavy atom. The second-order valence-corrected chi connectivity index (χ2v) is 9.77. The summed E-state index contributed by atoms with van der Waals surface area (Å²) in [6, 6.07) is 0. The highest BCUT2D eigenvalue weighted by atomic mass is 32.1. The third-order valence-corrected chi connectivity index (χ3v) is 6.64. The van der Waals surface area contributed by atoms with Gasteiger partial charge in [-0.15, -0.1) is 0 Å². The molecule has 0 atom stereocenters. The number of carbonyl (C=O) groups excluding carboxylic acids is 1. The first-order chi connectivity index (χ1) is 15.5. The summed E-state index contributed by atoms with van der Waals surface area (Å²) >= 11 is 5.35. The molecule has 2 aromatic rings. The van der Waals surface area contributed by atoms with Crippen LogP contribution in [0.5, 0.6) is 0 Å². The number of nitrogens with two attached hydrogens (primary N) is 1. The third-order valence-electron chi connectivity index (χ3n) is 6.18. The van der Waals surface area contributed by atoms with Crippen molar-refractivity contribution in [1.82, 2.24) is 19.1 Å². The highest BCUT2D eigenvalue weighted by molar-refractivity contribution is 7.71. The Bertz CT molecular complexity index is 1300. The van der Waals surface area contributed by atoms with E-state index in [1.54, 1.807) is 17.7 Å². The number of rotatable bonds is 5. The highest BCUT2D eigenvalue weighted by Crippen LogP contribution is 2.40. The molecule has 33 heavy (non-hydrogen) atoms. The molecule has 0 saturated carbocycles. The number of fused-ring (bicyclic) bond motifs is 1. The van der Waals surface area contributed by atoms with Crippen molar-refractivity contribution in [2.45, 2.75) is 53.9 Å². The summed E-state index contributed by atoms with van der Waals surface area (Å²) in [6.07, 6.45) is 17.0. The van der Waals surface area contributed by atoms with E-state index < -0.39 is 0 Å². The first-order valence-electron chi connectivity index (χ1n) is 11.2. The smallest absolute Gasteiger partial charge is 0.257 e. The quantitative estimate of drug-likeness (QED) is 0.322. The Hall–Kier alpha value is -3.06. The van der Waals surface area contributed by atoms with Crippen molar-refractivity contribution in [2.24, 2.45) is 12.5 Å². The van der Waals surface area contributed by atoms with Gasteiger partial charge in [0.05, 0.1) is 0 Å². The van der Waals surface area contributed by atoms with E-state index in [9.17, 15) is 4.79 Å². The van der Waals surface area contributed by atoms with E-state index in [0.29, 0.717) is 15.8 Å². The summed E-state index contributed by atoms with van der Waals surface area (Å²) < 4.78 is 3.38. The van der Waals surface area contributed by atoms with Gasteiger partial charge in [0.15, 0.2) is 5.65 Å². The Labute approximate surface area is 200 Å². The molecule has 2 aromatic heterocycles. The molecule has 2 heterocycles. The van der Waals surface area contributed by atoms with Crippen LogP contribution < -0.4 is 5.73 Å². The summed E-state index contributed by atoms with van der Waals surface area (Å²) in [5.41, 5.74) is 11.9. The zero-order valence-electron chi connectivity index (χ0n) is 20.3. The van der Waals surface area contributed by atoms with Crippen LogP contribution in [-0.2, 0) is 7.05 Å². The number of allylic oxidation sites excluding steroid dienone is 10. The fourth-order valence-corrected chi connectivity index (χ4v) is 4.39. The molecular formula is C26H33N5OS. The normalized spacial score (nSPS) is 17.6. The maximum atomic E-state index is 12.8. The molecule has 0 radical (unpaired) electrons. The maximum absolute atomic E-state index is 12.8. The SMILES string of the molecule is CC1=C(/C=C/C(C)=C/C=C/C(C)=C/C(=O)n2cnc3c(=S)n(C)c(N)nc32)C(C)(C)CCC1. The number of aromatic nitrogens is 4. The molecule has 0 unspecified atom stereocenters. The van der Waals surface area contributed by atoms with Gasteiger partial charge in [0.25, 0.3) is 5.91 Å². The van der Waals surface area contributed by atoms with E-state index in [4.69, 9.17) is 18.0 Å². The zero-order chi connectivity index (χ0) is 24.3. The summed E-state index contributed by atoms with van der Waals surface area (Å²) in [4.78, 5) is 21.3. The second-order valence-electron chi connectivity index (χ2n) is 9.38. The number of anilines is 1. The molecule has 0 aromatic carbocycles. The minimum Gasteiger partial charge on any atom is -0.369 e. The van der Waals surface area contributed by atoms with Crippen LogP contribution in [-0.4, -0.2) is 25.0 Å². The monoisotopic (exact) mass is 463 g/mol. The predicted molar refractivity (Wildman–Crippen MR) is 138 cm³/mol. The predicted octanol–water partition coefficient (Wildman–Crippen LogP) is 6.25. The molecule has 7 heteroatoms. The number of hydrogen-bond donors (Lipinski definition) is 1. The van der Waals surface area contributed by atoms with Gasteiger partial charge >= 0.3 is 0 Å². The van der Waals surface area contributed by atoms with Crippen LogP contribution in [0.25, 0.3) is 11.2 Å². The fraction of sp³-hybridized carbons (Fsp3) is 0.385.